The highest BCUT2D eigenvalue weighted by molar-refractivity contribution is 5.92. The second kappa shape index (κ2) is 6.79. The fourth-order valence-corrected chi connectivity index (χ4v) is 3.69. The molecule has 2 aromatic rings. The van der Waals surface area contributed by atoms with Gasteiger partial charge in [0.15, 0.2) is 5.69 Å². The molecule has 25 heavy (non-hydrogen) atoms. The predicted molar refractivity (Wildman–Crippen MR) is 89.0 cm³/mol. The molecule has 0 aromatic carbocycles. The van der Waals surface area contributed by atoms with E-state index in [2.05, 4.69) is 20.4 Å². The Labute approximate surface area is 145 Å². The van der Waals surface area contributed by atoms with Crippen molar-refractivity contribution in [3.63, 3.8) is 0 Å². The van der Waals surface area contributed by atoms with Crippen molar-refractivity contribution in [3.8, 4) is 0 Å². The topological polar surface area (TPSA) is 93.4 Å². The molecule has 0 bridgehead atoms. The summed E-state index contributed by atoms with van der Waals surface area (Å²) in [6, 6.07) is 3.47. The Morgan fingerprint density at radius 1 is 1.40 bits per heavy atom. The van der Waals surface area contributed by atoms with Crippen molar-refractivity contribution in [2.75, 3.05) is 31.6 Å². The van der Waals surface area contributed by atoms with Gasteiger partial charge in [-0.3, -0.25) is 4.79 Å². The number of carbonyl (C=O) groups is 1. The van der Waals surface area contributed by atoms with Gasteiger partial charge in [-0.2, -0.15) is 0 Å². The molecule has 2 fully saturated rings. The summed E-state index contributed by atoms with van der Waals surface area (Å²) >= 11 is 0. The van der Waals surface area contributed by atoms with E-state index in [4.69, 9.17) is 9.26 Å². The third-order valence-electron chi connectivity index (χ3n) is 4.96. The minimum absolute atomic E-state index is 0.0606. The molecule has 8 nitrogen and oxygen atoms in total. The molecule has 0 unspecified atom stereocenters. The van der Waals surface area contributed by atoms with Crippen molar-refractivity contribution in [3.05, 3.63) is 36.0 Å². The number of rotatable bonds is 4. The lowest BCUT2D eigenvalue weighted by atomic mass is 9.84. The van der Waals surface area contributed by atoms with Crippen molar-refractivity contribution in [1.82, 2.24) is 20.0 Å². The molecule has 4 rings (SSSR count). The average molecular weight is 343 g/mol. The molecule has 8 heteroatoms. The molecule has 0 radical (unpaired) electrons. The normalized spacial score (nSPS) is 25.6. The van der Waals surface area contributed by atoms with Gasteiger partial charge in [0, 0.05) is 44.0 Å². The van der Waals surface area contributed by atoms with Crippen LogP contribution in [-0.4, -0.2) is 58.3 Å². The number of ether oxygens (including phenoxy) is 1. The van der Waals surface area contributed by atoms with Crippen molar-refractivity contribution in [2.24, 2.45) is 11.8 Å². The molecule has 0 aliphatic carbocycles. The Morgan fingerprint density at radius 2 is 2.24 bits per heavy atom. The fraction of sp³-hybridized carbons (Fsp3) is 0.529. The number of likely N-dealkylation sites (tertiary alicyclic amines) is 1. The maximum atomic E-state index is 12.5. The zero-order valence-electron chi connectivity index (χ0n) is 14.1. The first-order chi connectivity index (χ1) is 12.2. The lowest BCUT2D eigenvalue weighted by Crippen LogP contribution is -2.45. The second-order valence-corrected chi connectivity index (χ2v) is 6.61. The van der Waals surface area contributed by atoms with Crippen LogP contribution in [0.4, 0.5) is 5.95 Å². The van der Waals surface area contributed by atoms with E-state index < -0.39 is 0 Å². The molecule has 3 atom stereocenters. The molecule has 4 heterocycles. The minimum Gasteiger partial charge on any atom is -0.376 e. The first kappa shape index (κ1) is 16.0. The Morgan fingerprint density at radius 3 is 3.00 bits per heavy atom. The van der Waals surface area contributed by atoms with E-state index in [1.165, 1.54) is 0 Å². The molecule has 132 valence electrons. The smallest absolute Gasteiger partial charge is 0.276 e. The number of nitrogens with zero attached hydrogens (tertiary/aromatic N) is 4. The first-order valence-electron chi connectivity index (χ1n) is 8.56. The largest absolute Gasteiger partial charge is 0.376 e. The minimum atomic E-state index is -0.0606. The van der Waals surface area contributed by atoms with Gasteiger partial charge in [-0.05, 0) is 25.3 Å². The number of carbonyl (C=O) groups excluding carboxylic acids is 1. The van der Waals surface area contributed by atoms with E-state index >= 15 is 0 Å². The average Bonchev–Trinajstić information content (AvgIpc) is 3.26. The Bertz CT molecular complexity index is 735. The summed E-state index contributed by atoms with van der Waals surface area (Å²) in [5.74, 6) is 2.00. The Hall–Kier alpha value is -2.48. The van der Waals surface area contributed by atoms with E-state index in [0.29, 0.717) is 55.5 Å². The lowest BCUT2D eigenvalue weighted by molar-refractivity contribution is 0.0611. The second-order valence-electron chi connectivity index (χ2n) is 6.61. The molecule has 2 saturated heterocycles. The van der Waals surface area contributed by atoms with Gasteiger partial charge >= 0.3 is 0 Å². The van der Waals surface area contributed by atoms with E-state index in [9.17, 15) is 4.79 Å². The van der Waals surface area contributed by atoms with Crippen LogP contribution in [-0.2, 0) is 4.74 Å². The maximum absolute atomic E-state index is 12.5. The number of nitrogens with one attached hydrogen (secondary N) is 1. The molecular weight excluding hydrogens is 322 g/mol. The fourth-order valence-electron chi connectivity index (χ4n) is 3.69. The monoisotopic (exact) mass is 343 g/mol. The molecule has 2 aromatic heterocycles. The van der Waals surface area contributed by atoms with Gasteiger partial charge in [0.25, 0.3) is 5.91 Å². The highest BCUT2D eigenvalue weighted by atomic mass is 16.5. The number of fused-ring (bicyclic) bond motifs is 1. The van der Waals surface area contributed by atoms with E-state index in [0.717, 1.165) is 6.42 Å². The van der Waals surface area contributed by atoms with Crippen LogP contribution in [0.3, 0.4) is 0 Å². The van der Waals surface area contributed by atoms with Gasteiger partial charge in [0.2, 0.25) is 5.95 Å². The van der Waals surface area contributed by atoms with Gasteiger partial charge in [-0.25, -0.2) is 9.97 Å². The summed E-state index contributed by atoms with van der Waals surface area (Å²) in [6.45, 7) is 4.56. The highest BCUT2D eigenvalue weighted by Crippen LogP contribution is 2.34. The summed E-state index contributed by atoms with van der Waals surface area (Å²) in [4.78, 5) is 22.7. The third-order valence-corrected chi connectivity index (χ3v) is 4.96. The standard InChI is InChI=1S/C17H21N5O3/c1-11-7-14(21-25-11)16(23)22-6-3-13-12(9-22)10-24-15(13)8-20-17-18-4-2-5-19-17/h2,4-5,7,12-13,15H,3,6,8-10H2,1H3,(H,18,19,20)/t12-,13-,15-/m1/s1. The van der Waals surface area contributed by atoms with E-state index in [1.807, 2.05) is 4.90 Å². The van der Waals surface area contributed by atoms with Crippen molar-refractivity contribution < 1.29 is 14.1 Å². The van der Waals surface area contributed by atoms with E-state index in [-0.39, 0.29) is 12.0 Å². The Balaban J connectivity index is 1.34. The Kier molecular flexibility index (Phi) is 4.35. The van der Waals surface area contributed by atoms with Crippen molar-refractivity contribution >= 4 is 11.9 Å². The molecule has 1 amide bonds. The van der Waals surface area contributed by atoms with Crippen LogP contribution in [0.2, 0.25) is 0 Å². The summed E-state index contributed by atoms with van der Waals surface area (Å²) in [5.41, 5.74) is 0.384. The van der Waals surface area contributed by atoms with Crippen molar-refractivity contribution in [1.29, 1.82) is 0 Å². The summed E-state index contributed by atoms with van der Waals surface area (Å²) < 4.78 is 11.0. The number of amides is 1. The lowest BCUT2D eigenvalue weighted by Gasteiger charge is -2.35. The molecule has 0 saturated carbocycles. The van der Waals surface area contributed by atoms with Crippen LogP contribution in [0.5, 0.6) is 0 Å². The molecule has 0 spiro atoms. The number of aryl methyl sites for hydroxylation is 1. The quantitative estimate of drug-likeness (QED) is 0.896. The van der Waals surface area contributed by atoms with Crippen LogP contribution in [0.15, 0.2) is 29.0 Å². The summed E-state index contributed by atoms with van der Waals surface area (Å²) in [6.07, 6.45) is 4.47. The number of piperidine rings is 1. The molecular formula is C17H21N5O3. The van der Waals surface area contributed by atoms with Crippen LogP contribution < -0.4 is 5.32 Å². The molecule has 1 N–H and O–H groups in total. The number of anilines is 1. The number of hydrogen-bond donors (Lipinski definition) is 1. The highest BCUT2D eigenvalue weighted by Gasteiger charge is 2.42. The SMILES string of the molecule is Cc1cc(C(=O)N2CC[C@@H]3[C@@H](CO[C@@H]3CNc3ncccn3)C2)no1. The third kappa shape index (κ3) is 3.34. The number of aromatic nitrogens is 3. The summed E-state index contributed by atoms with van der Waals surface area (Å²) in [7, 11) is 0. The van der Waals surface area contributed by atoms with Gasteiger partial charge in [0.1, 0.15) is 5.76 Å². The summed E-state index contributed by atoms with van der Waals surface area (Å²) in [5, 5.41) is 7.07. The molecule has 2 aliphatic heterocycles. The van der Waals surface area contributed by atoms with Gasteiger partial charge in [0.05, 0.1) is 12.7 Å². The van der Waals surface area contributed by atoms with Crippen molar-refractivity contribution in [2.45, 2.75) is 19.4 Å². The van der Waals surface area contributed by atoms with E-state index in [1.54, 1.807) is 31.5 Å². The maximum Gasteiger partial charge on any atom is 0.276 e. The van der Waals surface area contributed by atoms with Gasteiger partial charge in [-0.15, -0.1) is 0 Å². The molecule has 2 aliphatic rings. The predicted octanol–water partition coefficient (Wildman–Crippen LogP) is 1.36. The zero-order chi connectivity index (χ0) is 17.2. The zero-order valence-corrected chi connectivity index (χ0v) is 14.1. The van der Waals surface area contributed by atoms with Crippen LogP contribution in [0, 0.1) is 18.8 Å². The van der Waals surface area contributed by atoms with Crippen LogP contribution in [0.1, 0.15) is 22.7 Å². The van der Waals surface area contributed by atoms with Gasteiger partial charge < -0.3 is 19.5 Å². The first-order valence-corrected chi connectivity index (χ1v) is 8.56. The number of hydrogen-bond acceptors (Lipinski definition) is 7. The van der Waals surface area contributed by atoms with Crippen LogP contribution >= 0.6 is 0 Å². The van der Waals surface area contributed by atoms with Gasteiger partial charge in [-0.1, -0.05) is 5.16 Å². The van der Waals surface area contributed by atoms with Crippen LogP contribution in [0.25, 0.3) is 0 Å².